The van der Waals surface area contributed by atoms with Crippen molar-refractivity contribution in [2.45, 2.75) is 10.8 Å². The molecule has 0 aromatic carbocycles. The average molecular weight is 350 g/mol. The summed E-state index contributed by atoms with van der Waals surface area (Å²) in [5.41, 5.74) is 0.860. The number of halogens is 1. The van der Waals surface area contributed by atoms with Crippen molar-refractivity contribution in [3.8, 4) is 0 Å². The molecule has 0 radical (unpaired) electrons. The van der Waals surface area contributed by atoms with Crippen molar-refractivity contribution >= 4 is 37.3 Å². The van der Waals surface area contributed by atoms with Gasteiger partial charge >= 0.3 is 0 Å². The summed E-state index contributed by atoms with van der Waals surface area (Å²) >= 11 is 4.47. The first-order valence-electron chi connectivity index (χ1n) is 5.09. The summed E-state index contributed by atoms with van der Waals surface area (Å²) in [4.78, 5) is 0. The minimum atomic E-state index is -3.42. The summed E-state index contributed by atoms with van der Waals surface area (Å²) < 4.78 is 28.6. The lowest BCUT2D eigenvalue weighted by atomic mass is 10.4. The second-order valence-corrected chi connectivity index (χ2v) is 8.58. The van der Waals surface area contributed by atoms with Gasteiger partial charge < -0.3 is 0 Å². The Labute approximate surface area is 118 Å². The highest BCUT2D eigenvalue weighted by Gasteiger charge is 2.23. The predicted octanol–water partition coefficient (Wildman–Crippen LogP) is 2.06. The van der Waals surface area contributed by atoms with Crippen LogP contribution in [-0.4, -0.2) is 29.6 Å². The molecule has 0 unspecified atom stereocenters. The van der Waals surface area contributed by atoms with Crippen LogP contribution in [0.4, 0.5) is 0 Å². The molecule has 0 fully saturated rings. The number of hydrogen-bond acceptors (Lipinski definition) is 4. The number of sulfonamides is 1. The van der Waals surface area contributed by atoms with E-state index in [9.17, 15) is 8.42 Å². The highest BCUT2D eigenvalue weighted by molar-refractivity contribution is 9.11. The molecule has 2 rings (SSSR count). The number of hydrogen-bond donors (Lipinski definition) is 0. The van der Waals surface area contributed by atoms with E-state index in [1.807, 2.05) is 0 Å². The van der Waals surface area contributed by atoms with Crippen molar-refractivity contribution in [1.29, 1.82) is 0 Å². The maximum absolute atomic E-state index is 12.2. The van der Waals surface area contributed by atoms with E-state index in [2.05, 4.69) is 21.0 Å². The van der Waals surface area contributed by atoms with Gasteiger partial charge in [0.05, 0.1) is 9.98 Å². The number of rotatable bonds is 4. The third-order valence-electron chi connectivity index (χ3n) is 2.38. The molecular formula is C10H12BrN3O2S2. The van der Waals surface area contributed by atoms with E-state index < -0.39 is 10.0 Å². The molecule has 0 spiro atoms. The highest BCUT2D eigenvalue weighted by atomic mass is 79.9. The van der Waals surface area contributed by atoms with Gasteiger partial charge in [0.15, 0.2) is 0 Å². The maximum Gasteiger partial charge on any atom is 0.252 e. The molecule has 5 nitrogen and oxygen atoms in total. The quantitative estimate of drug-likeness (QED) is 0.848. The fourth-order valence-corrected chi connectivity index (χ4v) is 4.87. The number of thiophene rings is 1. The first-order chi connectivity index (χ1) is 8.39. The molecule has 0 atom stereocenters. The molecular weight excluding hydrogens is 338 g/mol. The first kappa shape index (κ1) is 13.7. The SMILES string of the molecule is CN(Cc1cnn(C)c1)S(=O)(=O)c1ccc(Br)s1. The smallest absolute Gasteiger partial charge is 0.252 e. The fourth-order valence-electron chi connectivity index (χ4n) is 1.49. The molecule has 2 aromatic rings. The molecule has 0 aliphatic rings. The number of aromatic nitrogens is 2. The van der Waals surface area contributed by atoms with Crippen molar-refractivity contribution in [3.05, 3.63) is 33.9 Å². The van der Waals surface area contributed by atoms with Crippen LogP contribution in [0.5, 0.6) is 0 Å². The Hall–Kier alpha value is -0.700. The van der Waals surface area contributed by atoms with Crippen molar-refractivity contribution in [3.63, 3.8) is 0 Å². The topological polar surface area (TPSA) is 55.2 Å². The van der Waals surface area contributed by atoms with Gasteiger partial charge in [0, 0.05) is 32.4 Å². The van der Waals surface area contributed by atoms with Gasteiger partial charge in [-0.1, -0.05) is 0 Å². The third-order valence-corrected chi connectivity index (χ3v) is 6.27. The lowest BCUT2D eigenvalue weighted by molar-refractivity contribution is 0.468. The molecule has 0 saturated heterocycles. The van der Waals surface area contributed by atoms with Gasteiger partial charge in [-0.2, -0.15) is 9.40 Å². The summed E-state index contributed by atoms with van der Waals surface area (Å²) in [7, 11) is -0.0569. The summed E-state index contributed by atoms with van der Waals surface area (Å²) in [6, 6.07) is 3.33. The van der Waals surface area contributed by atoms with E-state index in [4.69, 9.17) is 0 Å². The molecule has 0 amide bonds. The van der Waals surface area contributed by atoms with E-state index >= 15 is 0 Å². The standard InChI is InChI=1S/C10H12BrN3O2S2/c1-13-6-8(5-12-13)7-14(2)18(15,16)10-4-3-9(11)17-10/h3-6H,7H2,1-2H3. The van der Waals surface area contributed by atoms with Crippen LogP contribution >= 0.6 is 27.3 Å². The van der Waals surface area contributed by atoms with Crippen LogP contribution in [0.3, 0.4) is 0 Å². The van der Waals surface area contributed by atoms with Crippen molar-refractivity contribution in [1.82, 2.24) is 14.1 Å². The molecule has 0 aliphatic heterocycles. The lowest BCUT2D eigenvalue weighted by Crippen LogP contribution is -2.25. The summed E-state index contributed by atoms with van der Waals surface area (Å²) in [6.45, 7) is 0.311. The van der Waals surface area contributed by atoms with E-state index in [-0.39, 0.29) is 0 Å². The summed E-state index contributed by atoms with van der Waals surface area (Å²) in [6.07, 6.45) is 3.46. The molecule has 0 bridgehead atoms. The largest absolute Gasteiger partial charge is 0.275 e. The second-order valence-electron chi connectivity index (χ2n) is 3.84. The Morgan fingerprint density at radius 2 is 2.22 bits per heavy atom. The van der Waals surface area contributed by atoms with E-state index in [0.29, 0.717) is 10.8 Å². The Balaban J connectivity index is 2.20. The van der Waals surface area contributed by atoms with Gasteiger partial charge in [0.1, 0.15) is 4.21 Å². The van der Waals surface area contributed by atoms with Crippen LogP contribution in [-0.2, 0) is 23.6 Å². The molecule has 2 heterocycles. The number of nitrogens with zero attached hydrogens (tertiary/aromatic N) is 3. The Bertz CT molecular complexity index is 648. The van der Waals surface area contributed by atoms with Crippen LogP contribution < -0.4 is 0 Å². The minimum absolute atomic E-state index is 0.311. The molecule has 18 heavy (non-hydrogen) atoms. The van der Waals surface area contributed by atoms with Crippen molar-refractivity contribution in [2.24, 2.45) is 7.05 Å². The van der Waals surface area contributed by atoms with Gasteiger partial charge in [-0.15, -0.1) is 11.3 Å². The van der Waals surface area contributed by atoms with Gasteiger partial charge in [0.25, 0.3) is 10.0 Å². The molecule has 2 aromatic heterocycles. The maximum atomic E-state index is 12.2. The van der Waals surface area contributed by atoms with Crippen LogP contribution in [0, 0.1) is 0 Å². The first-order valence-corrected chi connectivity index (χ1v) is 8.14. The average Bonchev–Trinajstić information content (AvgIpc) is 2.88. The minimum Gasteiger partial charge on any atom is -0.275 e. The van der Waals surface area contributed by atoms with Crippen LogP contribution in [0.2, 0.25) is 0 Å². The van der Waals surface area contributed by atoms with E-state index in [0.717, 1.165) is 9.35 Å². The zero-order valence-electron chi connectivity index (χ0n) is 9.87. The zero-order chi connectivity index (χ0) is 13.3. The van der Waals surface area contributed by atoms with Gasteiger partial charge in [-0.05, 0) is 28.1 Å². The monoisotopic (exact) mass is 349 g/mol. The van der Waals surface area contributed by atoms with Gasteiger partial charge in [-0.3, -0.25) is 4.68 Å². The van der Waals surface area contributed by atoms with E-state index in [1.54, 1.807) is 43.3 Å². The summed E-state index contributed by atoms with van der Waals surface area (Å²) in [5.74, 6) is 0. The molecule has 0 aliphatic carbocycles. The van der Waals surface area contributed by atoms with Crippen LogP contribution in [0.25, 0.3) is 0 Å². The molecule has 0 saturated carbocycles. The molecule has 0 N–H and O–H groups in total. The Morgan fingerprint density at radius 1 is 1.50 bits per heavy atom. The Morgan fingerprint density at radius 3 is 2.72 bits per heavy atom. The van der Waals surface area contributed by atoms with Crippen LogP contribution in [0.1, 0.15) is 5.56 Å². The molecule has 98 valence electrons. The zero-order valence-corrected chi connectivity index (χ0v) is 13.1. The number of aryl methyl sites for hydroxylation is 1. The molecule has 8 heteroatoms. The predicted molar refractivity (Wildman–Crippen MR) is 73.9 cm³/mol. The Kier molecular flexibility index (Phi) is 3.90. The van der Waals surface area contributed by atoms with Gasteiger partial charge in [-0.25, -0.2) is 8.42 Å². The van der Waals surface area contributed by atoms with E-state index in [1.165, 1.54) is 15.6 Å². The van der Waals surface area contributed by atoms with Crippen molar-refractivity contribution < 1.29 is 8.42 Å². The van der Waals surface area contributed by atoms with Gasteiger partial charge in [0.2, 0.25) is 0 Å². The highest BCUT2D eigenvalue weighted by Crippen LogP contribution is 2.28. The fraction of sp³-hybridized carbons (Fsp3) is 0.300. The van der Waals surface area contributed by atoms with Crippen molar-refractivity contribution in [2.75, 3.05) is 7.05 Å². The van der Waals surface area contributed by atoms with Crippen LogP contribution in [0.15, 0.2) is 32.5 Å². The lowest BCUT2D eigenvalue weighted by Gasteiger charge is -2.14. The third kappa shape index (κ3) is 2.82. The normalized spacial score (nSPS) is 12.2. The second kappa shape index (κ2) is 5.12. The summed E-state index contributed by atoms with van der Waals surface area (Å²) in [5, 5.41) is 4.02.